The first-order chi connectivity index (χ1) is 19.8. The van der Waals surface area contributed by atoms with Gasteiger partial charge in [0.2, 0.25) is 17.7 Å². The van der Waals surface area contributed by atoms with Crippen molar-refractivity contribution < 1.29 is 23.2 Å². The lowest BCUT2D eigenvalue weighted by Gasteiger charge is -2.39. The molecule has 4 aromatic carbocycles. The average molecular weight is 572 g/mol. The largest absolute Gasteiger partial charge is 0.368 e. The lowest BCUT2D eigenvalue weighted by atomic mass is 9.96. The monoisotopic (exact) mass is 571 g/mol. The van der Waals surface area contributed by atoms with Gasteiger partial charge < -0.3 is 16.0 Å². The molecular formula is C32H27F2N3O3S. The Hall–Kier alpha value is -4.50. The molecule has 0 fully saturated rings. The first-order valence-corrected chi connectivity index (χ1v) is 13.9. The quantitative estimate of drug-likeness (QED) is 0.301. The topological polar surface area (TPSA) is 92.5 Å². The molecule has 41 heavy (non-hydrogen) atoms. The Morgan fingerprint density at radius 2 is 1.46 bits per heavy atom. The van der Waals surface area contributed by atoms with Gasteiger partial charge in [-0.25, -0.2) is 8.78 Å². The SMILES string of the molecule is NC(=O)[C@H](Cc1ccccc1)N(C(=O)Cc1cc(F)cc(F)c1)[C@@H]1C(=O)Nc2ccccc2S[C@@H]1c1ccccc1. The van der Waals surface area contributed by atoms with Crippen molar-refractivity contribution in [2.75, 3.05) is 5.32 Å². The molecule has 0 aliphatic carbocycles. The molecule has 0 bridgehead atoms. The number of carbonyl (C=O) groups excluding carboxylic acids is 3. The Morgan fingerprint density at radius 3 is 2.12 bits per heavy atom. The van der Waals surface area contributed by atoms with Crippen LogP contribution in [0.3, 0.4) is 0 Å². The second-order valence-electron chi connectivity index (χ2n) is 9.74. The summed E-state index contributed by atoms with van der Waals surface area (Å²) in [7, 11) is 0. The van der Waals surface area contributed by atoms with Crippen molar-refractivity contribution in [3.63, 3.8) is 0 Å². The number of anilines is 1. The molecule has 0 saturated heterocycles. The molecule has 9 heteroatoms. The van der Waals surface area contributed by atoms with E-state index < -0.39 is 53.1 Å². The van der Waals surface area contributed by atoms with Gasteiger partial charge in [-0.3, -0.25) is 14.4 Å². The van der Waals surface area contributed by atoms with Gasteiger partial charge in [-0.1, -0.05) is 72.8 Å². The fraction of sp³-hybridized carbons (Fsp3) is 0.156. The highest BCUT2D eigenvalue weighted by Crippen LogP contribution is 2.46. The fourth-order valence-corrected chi connectivity index (χ4v) is 6.41. The molecule has 3 amide bonds. The third-order valence-electron chi connectivity index (χ3n) is 6.88. The van der Waals surface area contributed by atoms with Crippen LogP contribution in [0, 0.1) is 11.6 Å². The van der Waals surface area contributed by atoms with Crippen LogP contribution in [0.25, 0.3) is 0 Å². The minimum Gasteiger partial charge on any atom is -0.368 e. The molecule has 1 aliphatic heterocycles. The number of rotatable bonds is 8. The Bertz CT molecular complexity index is 1550. The zero-order valence-electron chi connectivity index (χ0n) is 21.9. The molecule has 5 rings (SSSR count). The number of nitrogens with one attached hydrogen (secondary N) is 1. The Kier molecular flexibility index (Phi) is 8.45. The number of primary amides is 1. The maximum atomic E-state index is 14.2. The average Bonchev–Trinajstić information content (AvgIpc) is 3.09. The maximum absolute atomic E-state index is 14.2. The molecule has 0 spiro atoms. The van der Waals surface area contributed by atoms with Crippen molar-refractivity contribution in [1.82, 2.24) is 4.90 Å². The van der Waals surface area contributed by atoms with Crippen molar-refractivity contribution in [1.29, 1.82) is 0 Å². The van der Waals surface area contributed by atoms with Crippen LogP contribution in [0.5, 0.6) is 0 Å². The highest BCUT2D eigenvalue weighted by molar-refractivity contribution is 7.99. The number of nitrogens with zero attached hydrogens (tertiary/aromatic N) is 1. The molecule has 4 aromatic rings. The van der Waals surface area contributed by atoms with E-state index in [0.717, 1.165) is 28.2 Å². The molecule has 1 aliphatic rings. The number of nitrogens with two attached hydrogens (primary N) is 1. The second-order valence-corrected chi connectivity index (χ2v) is 10.9. The van der Waals surface area contributed by atoms with Gasteiger partial charge in [-0.05, 0) is 41.0 Å². The van der Waals surface area contributed by atoms with Crippen LogP contribution >= 0.6 is 11.8 Å². The number of carbonyl (C=O) groups is 3. The summed E-state index contributed by atoms with van der Waals surface area (Å²) in [6.07, 6.45) is -0.404. The first-order valence-electron chi connectivity index (χ1n) is 13.0. The van der Waals surface area contributed by atoms with Crippen molar-refractivity contribution in [2.24, 2.45) is 5.73 Å². The molecule has 208 valence electrons. The number of para-hydroxylation sites is 1. The number of benzene rings is 4. The molecule has 1 heterocycles. The van der Waals surface area contributed by atoms with E-state index in [2.05, 4.69) is 5.32 Å². The summed E-state index contributed by atoms with van der Waals surface area (Å²) in [6.45, 7) is 0. The number of hydrogen-bond donors (Lipinski definition) is 2. The first kappa shape index (κ1) is 28.0. The van der Waals surface area contributed by atoms with Gasteiger partial charge in [0.05, 0.1) is 17.4 Å². The molecule has 3 atom stereocenters. The molecular weight excluding hydrogens is 544 g/mol. The zero-order valence-corrected chi connectivity index (χ0v) is 22.7. The summed E-state index contributed by atoms with van der Waals surface area (Å²) in [5.74, 6) is -3.65. The molecule has 0 saturated carbocycles. The summed E-state index contributed by atoms with van der Waals surface area (Å²) in [5.41, 5.74) is 8.06. The third kappa shape index (κ3) is 6.47. The van der Waals surface area contributed by atoms with Gasteiger partial charge in [0, 0.05) is 17.4 Å². The van der Waals surface area contributed by atoms with Crippen molar-refractivity contribution in [3.05, 3.63) is 131 Å². The van der Waals surface area contributed by atoms with Crippen LogP contribution in [0.15, 0.2) is 108 Å². The highest BCUT2D eigenvalue weighted by atomic mass is 32.2. The van der Waals surface area contributed by atoms with Crippen LogP contribution in [0.2, 0.25) is 0 Å². The summed E-state index contributed by atoms with van der Waals surface area (Å²) in [4.78, 5) is 43.3. The van der Waals surface area contributed by atoms with Crippen LogP contribution < -0.4 is 11.1 Å². The molecule has 0 aromatic heterocycles. The lowest BCUT2D eigenvalue weighted by molar-refractivity contribution is -0.145. The van der Waals surface area contributed by atoms with E-state index >= 15 is 0 Å². The van der Waals surface area contributed by atoms with E-state index in [1.807, 2.05) is 48.5 Å². The Balaban J connectivity index is 1.65. The zero-order chi connectivity index (χ0) is 28.9. The summed E-state index contributed by atoms with van der Waals surface area (Å²) in [6, 6.07) is 25.9. The number of halogens is 2. The van der Waals surface area contributed by atoms with Crippen LogP contribution in [0.1, 0.15) is 21.9 Å². The smallest absolute Gasteiger partial charge is 0.248 e. The second kappa shape index (κ2) is 12.3. The Morgan fingerprint density at radius 1 is 0.854 bits per heavy atom. The van der Waals surface area contributed by atoms with Crippen LogP contribution in [0.4, 0.5) is 14.5 Å². The van der Waals surface area contributed by atoms with Crippen molar-refractivity contribution >= 4 is 35.2 Å². The molecule has 0 unspecified atom stereocenters. The summed E-state index contributed by atoms with van der Waals surface area (Å²) < 4.78 is 28.1. The minimum atomic E-state index is -1.23. The molecule has 6 nitrogen and oxygen atoms in total. The van der Waals surface area contributed by atoms with E-state index in [0.29, 0.717) is 11.8 Å². The number of amides is 3. The lowest BCUT2D eigenvalue weighted by Crippen LogP contribution is -2.59. The number of fused-ring (bicyclic) bond motifs is 1. The number of hydrogen-bond acceptors (Lipinski definition) is 4. The van der Waals surface area contributed by atoms with E-state index in [1.165, 1.54) is 16.7 Å². The van der Waals surface area contributed by atoms with Crippen molar-refractivity contribution in [2.45, 2.75) is 35.1 Å². The number of thioether (sulfide) groups is 1. The maximum Gasteiger partial charge on any atom is 0.248 e. The highest BCUT2D eigenvalue weighted by Gasteiger charge is 2.45. The van der Waals surface area contributed by atoms with E-state index in [9.17, 15) is 23.2 Å². The predicted octanol–water partition coefficient (Wildman–Crippen LogP) is 5.29. The van der Waals surface area contributed by atoms with E-state index in [-0.39, 0.29) is 12.0 Å². The third-order valence-corrected chi connectivity index (χ3v) is 8.28. The predicted molar refractivity (Wildman–Crippen MR) is 154 cm³/mol. The fourth-order valence-electron chi connectivity index (χ4n) is 5.06. The normalized spacial score (nSPS) is 17.1. The van der Waals surface area contributed by atoms with Crippen LogP contribution in [-0.4, -0.2) is 34.7 Å². The van der Waals surface area contributed by atoms with Gasteiger partial charge in [0.1, 0.15) is 23.7 Å². The summed E-state index contributed by atoms with van der Waals surface area (Å²) >= 11 is 1.39. The minimum absolute atomic E-state index is 0.0440. The van der Waals surface area contributed by atoms with Gasteiger partial charge in [0.25, 0.3) is 0 Å². The van der Waals surface area contributed by atoms with E-state index in [1.54, 1.807) is 36.4 Å². The molecule has 3 N–H and O–H groups in total. The standard InChI is InChI=1S/C32H27F2N3O3S/c33-23-15-21(16-24(34)19-23)18-28(38)37(26(31(35)39)17-20-9-3-1-4-10-20)29-30(22-11-5-2-6-12-22)41-27-14-8-7-13-25(27)36-32(29)40/h1-16,19,26,29-30H,17-18H2,(H2,35,39)(H,36,40)/t26-,29-,30+/m0/s1. The van der Waals surface area contributed by atoms with Gasteiger partial charge in [-0.15, -0.1) is 11.8 Å². The van der Waals surface area contributed by atoms with Crippen LogP contribution in [-0.2, 0) is 27.2 Å². The Labute approximate surface area is 240 Å². The van der Waals surface area contributed by atoms with Gasteiger partial charge in [0.15, 0.2) is 0 Å². The molecule has 0 radical (unpaired) electrons. The van der Waals surface area contributed by atoms with Gasteiger partial charge in [-0.2, -0.15) is 0 Å². The summed E-state index contributed by atoms with van der Waals surface area (Å²) in [5, 5.41) is 2.29. The van der Waals surface area contributed by atoms with Crippen molar-refractivity contribution in [3.8, 4) is 0 Å². The van der Waals surface area contributed by atoms with E-state index in [4.69, 9.17) is 5.73 Å². The van der Waals surface area contributed by atoms with Gasteiger partial charge >= 0.3 is 0 Å².